The molecule has 6 heteroatoms. The minimum Gasteiger partial charge on any atom is -0.354 e. The van der Waals surface area contributed by atoms with Crippen molar-refractivity contribution in [1.29, 1.82) is 5.26 Å². The summed E-state index contributed by atoms with van der Waals surface area (Å²) >= 11 is 0. The number of imidazole rings is 1. The van der Waals surface area contributed by atoms with Crippen LogP contribution in [0.1, 0.15) is 31.9 Å². The van der Waals surface area contributed by atoms with Gasteiger partial charge in [0.15, 0.2) is 5.65 Å². The molecular weight excluding hydrogens is 350 g/mol. The van der Waals surface area contributed by atoms with Crippen molar-refractivity contribution in [1.82, 2.24) is 14.3 Å². The second kappa shape index (κ2) is 6.52. The average Bonchev–Trinajstić information content (AvgIpc) is 3.05. The van der Waals surface area contributed by atoms with Gasteiger partial charge in [-0.15, -0.1) is 0 Å². The molecule has 144 valence electrons. The summed E-state index contributed by atoms with van der Waals surface area (Å²) in [5, 5.41) is 9.65. The standard InChI is InChI=1S/C22H25N5O/c1-15-13-19(25-9-11-26(12-10-25)21(28)22(2,3)4)27-18-8-6-5-7-17(18)24-20(27)16(15)14-23/h5-8,13H,9-12H2,1-4H3. The van der Waals surface area contributed by atoms with E-state index in [9.17, 15) is 10.1 Å². The number of nitriles is 1. The smallest absolute Gasteiger partial charge is 0.228 e. The molecule has 0 N–H and O–H groups in total. The molecule has 1 aliphatic heterocycles. The Kier molecular flexibility index (Phi) is 4.26. The minimum atomic E-state index is -0.360. The second-order valence-electron chi connectivity index (χ2n) is 8.46. The van der Waals surface area contributed by atoms with E-state index in [2.05, 4.69) is 21.4 Å². The molecule has 6 nitrogen and oxygen atoms in total. The van der Waals surface area contributed by atoms with E-state index < -0.39 is 0 Å². The van der Waals surface area contributed by atoms with Gasteiger partial charge in [0.1, 0.15) is 11.9 Å². The lowest BCUT2D eigenvalue weighted by atomic mass is 9.94. The van der Waals surface area contributed by atoms with Crippen LogP contribution >= 0.6 is 0 Å². The zero-order valence-corrected chi connectivity index (χ0v) is 16.9. The third kappa shape index (κ3) is 2.88. The number of anilines is 1. The lowest BCUT2D eigenvalue weighted by Crippen LogP contribution is -2.52. The van der Waals surface area contributed by atoms with Crippen molar-refractivity contribution >= 4 is 28.4 Å². The molecular formula is C22H25N5O. The Morgan fingerprint density at radius 3 is 2.46 bits per heavy atom. The summed E-state index contributed by atoms with van der Waals surface area (Å²) in [4.78, 5) is 21.6. The Balaban J connectivity index is 1.76. The van der Waals surface area contributed by atoms with Gasteiger partial charge in [-0.2, -0.15) is 5.26 Å². The molecule has 0 unspecified atom stereocenters. The van der Waals surface area contributed by atoms with Gasteiger partial charge in [0.05, 0.1) is 16.6 Å². The molecule has 1 aromatic carbocycles. The Morgan fingerprint density at radius 1 is 1.14 bits per heavy atom. The molecule has 3 heterocycles. The number of carbonyl (C=O) groups excluding carboxylic acids is 1. The van der Waals surface area contributed by atoms with E-state index in [4.69, 9.17) is 4.98 Å². The maximum Gasteiger partial charge on any atom is 0.228 e. The fourth-order valence-corrected chi connectivity index (χ4v) is 3.92. The molecule has 1 amide bonds. The van der Waals surface area contributed by atoms with Crippen molar-refractivity contribution in [3.8, 4) is 6.07 Å². The van der Waals surface area contributed by atoms with E-state index in [1.54, 1.807) is 0 Å². The van der Waals surface area contributed by atoms with Crippen molar-refractivity contribution in [2.24, 2.45) is 5.41 Å². The number of nitrogens with zero attached hydrogens (tertiary/aromatic N) is 5. The highest BCUT2D eigenvalue weighted by molar-refractivity contribution is 5.85. The van der Waals surface area contributed by atoms with E-state index in [0.29, 0.717) is 24.3 Å². The summed E-state index contributed by atoms with van der Waals surface area (Å²) in [5.74, 6) is 1.23. The quantitative estimate of drug-likeness (QED) is 0.654. The number of aromatic nitrogens is 2. The summed E-state index contributed by atoms with van der Waals surface area (Å²) in [7, 11) is 0. The molecule has 28 heavy (non-hydrogen) atoms. The van der Waals surface area contributed by atoms with Crippen LogP contribution in [0.3, 0.4) is 0 Å². The first kappa shape index (κ1) is 18.3. The van der Waals surface area contributed by atoms with Crippen LogP contribution in [0.5, 0.6) is 0 Å². The molecule has 0 radical (unpaired) electrons. The molecule has 0 spiro atoms. The van der Waals surface area contributed by atoms with Gasteiger partial charge >= 0.3 is 0 Å². The molecule has 0 aliphatic carbocycles. The number of hydrogen-bond acceptors (Lipinski definition) is 4. The Hall–Kier alpha value is -3.07. The van der Waals surface area contributed by atoms with E-state index in [0.717, 1.165) is 35.5 Å². The van der Waals surface area contributed by atoms with Crippen LogP contribution in [0.25, 0.3) is 16.7 Å². The number of rotatable bonds is 1. The predicted octanol–water partition coefficient (Wildman–Crippen LogP) is 3.36. The first-order chi connectivity index (χ1) is 13.3. The Bertz CT molecular complexity index is 1110. The maximum absolute atomic E-state index is 12.6. The predicted molar refractivity (Wildman–Crippen MR) is 110 cm³/mol. The summed E-state index contributed by atoms with van der Waals surface area (Å²) in [5.41, 5.74) is 3.76. The molecule has 1 aliphatic rings. The number of benzene rings is 1. The minimum absolute atomic E-state index is 0.196. The number of carbonyl (C=O) groups is 1. The van der Waals surface area contributed by atoms with Crippen molar-refractivity contribution in [2.45, 2.75) is 27.7 Å². The highest BCUT2D eigenvalue weighted by Crippen LogP contribution is 2.29. The monoisotopic (exact) mass is 375 g/mol. The van der Waals surface area contributed by atoms with E-state index in [1.807, 2.05) is 56.9 Å². The third-order valence-electron chi connectivity index (χ3n) is 5.40. The summed E-state index contributed by atoms with van der Waals surface area (Å²) < 4.78 is 2.09. The van der Waals surface area contributed by atoms with Crippen molar-refractivity contribution in [2.75, 3.05) is 31.1 Å². The second-order valence-corrected chi connectivity index (χ2v) is 8.46. The zero-order valence-electron chi connectivity index (χ0n) is 16.9. The van der Waals surface area contributed by atoms with Gasteiger partial charge in [-0.1, -0.05) is 32.9 Å². The van der Waals surface area contributed by atoms with Gasteiger partial charge in [-0.05, 0) is 30.7 Å². The zero-order chi connectivity index (χ0) is 20.1. The van der Waals surface area contributed by atoms with Gasteiger partial charge in [0.25, 0.3) is 0 Å². The van der Waals surface area contributed by atoms with Crippen LogP contribution in [0.2, 0.25) is 0 Å². The van der Waals surface area contributed by atoms with Crippen LogP contribution < -0.4 is 4.90 Å². The van der Waals surface area contributed by atoms with E-state index in [-0.39, 0.29) is 11.3 Å². The summed E-state index contributed by atoms with van der Waals surface area (Å²) in [6.45, 7) is 10.8. The summed E-state index contributed by atoms with van der Waals surface area (Å²) in [6, 6.07) is 12.3. The van der Waals surface area contributed by atoms with Crippen LogP contribution in [-0.4, -0.2) is 46.4 Å². The van der Waals surface area contributed by atoms with Gasteiger partial charge in [-0.25, -0.2) is 4.98 Å². The Labute approximate surface area is 165 Å². The van der Waals surface area contributed by atoms with Crippen molar-refractivity contribution < 1.29 is 4.79 Å². The molecule has 0 bridgehead atoms. The van der Waals surface area contributed by atoms with Crippen molar-refractivity contribution in [3.63, 3.8) is 0 Å². The number of para-hydroxylation sites is 2. The third-order valence-corrected chi connectivity index (χ3v) is 5.40. The van der Waals surface area contributed by atoms with E-state index in [1.165, 1.54) is 0 Å². The lowest BCUT2D eigenvalue weighted by molar-refractivity contribution is -0.139. The first-order valence-corrected chi connectivity index (χ1v) is 9.66. The van der Waals surface area contributed by atoms with Gasteiger partial charge in [0.2, 0.25) is 5.91 Å². The number of piperazine rings is 1. The number of fused-ring (bicyclic) bond motifs is 3. The fourth-order valence-electron chi connectivity index (χ4n) is 3.92. The number of pyridine rings is 1. The van der Waals surface area contributed by atoms with Gasteiger partial charge in [-0.3, -0.25) is 9.20 Å². The molecule has 0 atom stereocenters. The molecule has 1 saturated heterocycles. The SMILES string of the molecule is Cc1cc(N2CCN(C(=O)C(C)(C)C)CC2)n2c(nc3ccccc32)c1C#N. The van der Waals surface area contributed by atoms with E-state index >= 15 is 0 Å². The Morgan fingerprint density at radius 2 is 1.82 bits per heavy atom. The van der Waals surface area contributed by atoms with Crippen LogP contribution in [0, 0.1) is 23.7 Å². The van der Waals surface area contributed by atoms with Gasteiger partial charge in [0, 0.05) is 31.6 Å². The molecule has 0 saturated carbocycles. The largest absolute Gasteiger partial charge is 0.354 e. The molecule has 3 aromatic rings. The highest BCUT2D eigenvalue weighted by Gasteiger charge is 2.30. The summed E-state index contributed by atoms with van der Waals surface area (Å²) in [6.07, 6.45) is 0. The average molecular weight is 375 g/mol. The fraction of sp³-hybridized carbons (Fsp3) is 0.409. The van der Waals surface area contributed by atoms with Crippen LogP contribution in [-0.2, 0) is 4.79 Å². The topological polar surface area (TPSA) is 64.6 Å². The number of amides is 1. The maximum atomic E-state index is 12.6. The highest BCUT2D eigenvalue weighted by atomic mass is 16.2. The number of aryl methyl sites for hydroxylation is 1. The van der Waals surface area contributed by atoms with Gasteiger partial charge < -0.3 is 9.80 Å². The molecule has 2 aromatic heterocycles. The molecule has 1 fully saturated rings. The van der Waals surface area contributed by atoms with Crippen LogP contribution in [0.15, 0.2) is 30.3 Å². The normalized spacial score (nSPS) is 15.2. The lowest BCUT2D eigenvalue weighted by Gasteiger charge is -2.39. The first-order valence-electron chi connectivity index (χ1n) is 9.66. The molecule has 4 rings (SSSR count). The number of hydrogen-bond donors (Lipinski definition) is 0. The van der Waals surface area contributed by atoms with Crippen LogP contribution in [0.4, 0.5) is 5.82 Å². The van der Waals surface area contributed by atoms with Crippen molar-refractivity contribution in [3.05, 3.63) is 41.5 Å².